The number of nitrogens with one attached hydrogen (secondary N) is 1. The zero-order chi connectivity index (χ0) is 14.5. The molecule has 0 saturated carbocycles. The number of terminal acetylenes is 1. The molecular formula is C13H11F2N3S2. The quantitative estimate of drug-likeness (QED) is 0.671. The third-order valence-corrected chi connectivity index (χ3v) is 3.84. The monoisotopic (exact) mass is 311 g/mol. The maximum atomic E-state index is 13.6. The molecule has 0 atom stereocenters. The second-order valence-electron chi connectivity index (χ2n) is 3.83. The molecule has 0 amide bonds. The number of thiocarbonyl (C=S) groups is 1. The lowest BCUT2D eigenvalue weighted by atomic mass is 10.3. The Bertz CT molecular complexity index is 576. The van der Waals surface area contributed by atoms with Crippen LogP contribution in [0.2, 0.25) is 0 Å². The molecule has 0 unspecified atom stereocenters. The highest BCUT2D eigenvalue weighted by atomic mass is 32.2. The van der Waals surface area contributed by atoms with E-state index in [2.05, 4.69) is 16.2 Å². The number of thioether (sulfide) groups is 1. The molecule has 104 valence electrons. The minimum absolute atomic E-state index is 0.203. The molecular weight excluding hydrogens is 300 g/mol. The summed E-state index contributed by atoms with van der Waals surface area (Å²) in [6, 6.07) is 3.63. The molecule has 1 aliphatic rings. The van der Waals surface area contributed by atoms with E-state index in [1.807, 2.05) is 0 Å². The zero-order valence-electron chi connectivity index (χ0n) is 10.4. The third kappa shape index (κ3) is 3.26. The van der Waals surface area contributed by atoms with Crippen LogP contribution in [0.3, 0.4) is 0 Å². The molecule has 1 aliphatic heterocycles. The van der Waals surface area contributed by atoms with Gasteiger partial charge in [-0.1, -0.05) is 23.7 Å². The summed E-state index contributed by atoms with van der Waals surface area (Å²) >= 11 is 6.68. The molecule has 7 heteroatoms. The molecule has 1 saturated heterocycles. The van der Waals surface area contributed by atoms with Gasteiger partial charge in [0.25, 0.3) is 0 Å². The van der Waals surface area contributed by atoms with Gasteiger partial charge < -0.3 is 5.32 Å². The predicted octanol–water partition coefficient (Wildman–Crippen LogP) is 2.70. The van der Waals surface area contributed by atoms with E-state index in [1.165, 1.54) is 30.0 Å². The van der Waals surface area contributed by atoms with Gasteiger partial charge in [-0.3, -0.25) is 4.90 Å². The molecule has 0 radical (unpaired) electrons. The summed E-state index contributed by atoms with van der Waals surface area (Å²) in [4.78, 5) is 5.87. The summed E-state index contributed by atoms with van der Waals surface area (Å²) in [7, 11) is 0. The number of anilines is 1. The summed E-state index contributed by atoms with van der Waals surface area (Å²) < 4.78 is 27.1. The van der Waals surface area contributed by atoms with E-state index in [9.17, 15) is 8.78 Å². The van der Waals surface area contributed by atoms with Crippen molar-refractivity contribution in [3.8, 4) is 12.3 Å². The first kappa shape index (κ1) is 14.8. The Balaban J connectivity index is 2.14. The van der Waals surface area contributed by atoms with Gasteiger partial charge >= 0.3 is 0 Å². The minimum Gasteiger partial charge on any atom is -0.327 e. The largest absolute Gasteiger partial charge is 0.327 e. The highest BCUT2D eigenvalue weighted by Crippen LogP contribution is 2.22. The molecule has 1 heterocycles. The Morgan fingerprint density at radius 3 is 2.85 bits per heavy atom. The molecule has 0 aromatic heterocycles. The van der Waals surface area contributed by atoms with Crippen LogP contribution in [0, 0.1) is 24.0 Å². The number of hydrogen-bond acceptors (Lipinski definition) is 3. The average Bonchev–Trinajstić information content (AvgIpc) is 2.89. The first-order valence-corrected chi connectivity index (χ1v) is 7.16. The van der Waals surface area contributed by atoms with Crippen LogP contribution >= 0.6 is 24.0 Å². The van der Waals surface area contributed by atoms with Gasteiger partial charge in [0.05, 0.1) is 0 Å². The molecule has 2 rings (SSSR count). The molecule has 0 bridgehead atoms. The van der Waals surface area contributed by atoms with Gasteiger partial charge in [-0.05, 0) is 24.4 Å². The number of benzene rings is 1. The van der Waals surface area contributed by atoms with Crippen molar-refractivity contribution in [3.63, 3.8) is 0 Å². The SMILES string of the molecule is C#CCN=C1SCCN1C(=S)Nc1c(F)cccc1F. The minimum atomic E-state index is -0.693. The van der Waals surface area contributed by atoms with Crippen LogP contribution in [0.4, 0.5) is 14.5 Å². The van der Waals surface area contributed by atoms with Crippen molar-refractivity contribution in [1.82, 2.24) is 4.90 Å². The van der Waals surface area contributed by atoms with Gasteiger partial charge in [0.1, 0.15) is 23.9 Å². The lowest BCUT2D eigenvalue weighted by Crippen LogP contribution is -2.36. The van der Waals surface area contributed by atoms with Gasteiger partial charge in [-0.15, -0.1) is 6.42 Å². The highest BCUT2D eigenvalue weighted by Gasteiger charge is 2.24. The molecule has 1 aromatic carbocycles. The second kappa shape index (κ2) is 6.68. The number of nitrogens with zero attached hydrogens (tertiary/aromatic N) is 2. The van der Waals surface area contributed by atoms with Crippen molar-refractivity contribution >= 4 is 39.9 Å². The van der Waals surface area contributed by atoms with E-state index < -0.39 is 11.6 Å². The normalized spacial score (nSPS) is 16.2. The number of halogens is 2. The van der Waals surface area contributed by atoms with Crippen LogP contribution in [0.5, 0.6) is 0 Å². The Hall–Kier alpha value is -1.65. The van der Waals surface area contributed by atoms with Gasteiger partial charge in [-0.2, -0.15) is 0 Å². The first-order chi connectivity index (χ1) is 9.63. The van der Waals surface area contributed by atoms with Crippen molar-refractivity contribution in [2.45, 2.75) is 0 Å². The molecule has 0 aliphatic carbocycles. The van der Waals surface area contributed by atoms with Crippen molar-refractivity contribution < 1.29 is 8.78 Å². The maximum Gasteiger partial charge on any atom is 0.179 e. The van der Waals surface area contributed by atoms with Gasteiger partial charge in [-0.25, -0.2) is 13.8 Å². The summed E-state index contributed by atoms with van der Waals surface area (Å²) in [5.74, 6) is 1.82. The van der Waals surface area contributed by atoms with Gasteiger partial charge in [0.2, 0.25) is 0 Å². The van der Waals surface area contributed by atoms with Crippen LogP contribution in [-0.2, 0) is 0 Å². The highest BCUT2D eigenvalue weighted by molar-refractivity contribution is 8.14. The smallest absolute Gasteiger partial charge is 0.179 e. The van der Waals surface area contributed by atoms with Crippen molar-refractivity contribution in [3.05, 3.63) is 29.8 Å². The van der Waals surface area contributed by atoms with Crippen molar-refractivity contribution in [1.29, 1.82) is 0 Å². The summed E-state index contributed by atoms with van der Waals surface area (Å²) in [6.45, 7) is 0.867. The van der Waals surface area contributed by atoms with Crippen molar-refractivity contribution in [2.75, 3.05) is 24.2 Å². The second-order valence-corrected chi connectivity index (χ2v) is 5.28. The standard InChI is InChI=1S/C13H11F2N3S2/c1-2-6-16-13-18(7-8-20-13)12(19)17-11-9(14)4-3-5-10(11)15/h1,3-5H,6-8H2,(H,17,19). The number of amidine groups is 1. The Labute approximate surface area is 125 Å². The summed E-state index contributed by atoms with van der Waals surface area (Å²) in [5, 5.41) is 3.46. The predicted molar refractivity (Wildman–Crippen MR) is 82.9 cm³/mol. The van der Waals surface area contributed by atoms with Crippen LogP contribution < -0.4 is 5.32 Å². The molecule has 20 heavy (non-hydrogen) atoms. The summed E-state index contributed by atoms with van der Waals surface area (Å²) in [6.07, 6.45) is 5.16. The number of hydrogen-bond donors (Lipinski definition) is 1. The van der Waals surface area contributed by atoms with E-state index in [0.717, 1.165) is 5.75 Å². The zero-order valence-corrected chi connectivity index (χ0v) is 12.0. The fourth-order valence-corrected chi connectivity index (χ4v) is 2.91. The average molecular weight is 311 g/mol. The summed E-state index contributed by atoms with van der Waals surface area (Å²) in [5.41, 5.74) is -0.259. The lowest BCUT2D eigenvalue weighted by Gasteiger charge is -2.20. The van der Waals surface area contributed by atoms with E-state index in [4.69, 9.17) is 18.6 Å². The number of aliphatic imine (C=N–C) groups is 1. The molecule has 1 aromatic rings. The van der Waals surface area contributed by atoms with Gasteiger partial charge in [0, 0.05) is 12.3 Å². The van der Waals surface area contributed by atoms with Gasteiger partial charge in [0.15, 0.2) is 10.3 Å². The Kier molecular flexibility index (Phi) is 4.93. The third-order valence-electron chi connectivity index (χ3n) is 2.52. The van der Waals surface area contributed by atoms with E-state index in [1.54, 1.807) is 4.90 Å². The lowest BCUT2D eigenvalue weighted by molar-refractivity contribution is 0.589. The van der Waals surface area contributed by atoms with Crippen LogP contribution in [0.25, 0.3) is 0 Å². The van der Waals surface area contributed by atoms with E-state index in [-0.39, 0.29) is 17.3 Å². The first-order valence-electron chi connectivity index (χ1n) is 5.76. The number of rotatable bonds is 2. The fourth-order valence-electron chi connectivity index (χ4n) is 1.63. The van der Waals surface area contributed by atoms with E-state index in [0.29, 0.717) is 11.7 Å². The Morgan fingerprint density at radius 1 is 1.50 bits per heavy atom. The molecule has 1 N–H and O–H groups in total. The number of para-hydroxylation sites is 1. The maximum absolute atomic E-state index is 13.6. The molecule has 1 fully saturated rings. The topological polar surface area (TPSA) is 27.6 Å². The molecule has 3 nitrogen and oxygen atoms in total. The Morgan fingerprint density at radius 2 is 2.20 bits per heavy atom. The molecule has 0 spiro atoms. The van der Waals surface area contributed by atoms with Crippen LogP contribution in [0.1, 0.15) is 0 Å². The van der Waals surface area contributed by atoms with Crippen LogP contribution in [0.15, 0.2) is 23.2 Å². The van der Waals surface area contributed by atoms with E-state index >= 15 is 0 Å². The fraction of sp³-hybridized carbons (Fsp3) is 0.231. The van der Waals surface area contributed by atoms with Crippen molar-refractivity contribution in [2.24, 2.45) is 4.99 Å². The van der Waals surface area contributed by atoms with Crippen LogP contribution in [-0.4, -0.2) is 34.0 Å².